The van der Waals surface area contributed by atoms with Gasteiger partial charge in [-0.3, -0.25) is 4.79 Å². The number of aromatic nitrogens is 1. The molecule has 2 aromatic rings. The molecule has 1 heterocycles. The van der Waals surface area contributed by atoms with Crippen LogP contribution < -0.4 is 0 Å². The Morgan fingerprint density at radius 1 is 1.19 bits per heavy atom. The molecule has 1 aromatic carbocycles. The zero-order chi connectivity index (χ0) is 22.2. The van der Waals surface area contributed by atoms with Gasteiger partial charge in [-0.05, 0) is 74.3 Å². The highest BCUT2D eigenvalue weighted by molar-refractivity contribution is 6.02. The van der Waals surface area contributed by atoms with Crippen LogP contribution in [-0.4, -0.2) is 35.3 Å². The zero-order valence-electron chi connectivity index (χ0n) is 18.9. The molecule has 0 bridgehead atoms. The van der Waals surface area contributed by atoms with E-state index in [1.807, 2.05) is 12.1 Å². The van der Waals surface area contributed by atoms with Crippen LogP contribution in [0.4, 0.5) is 4.39 Å². The van der Waals surface area contributed by atoms with Crippen LogP contribution in [0.5, 0.6) is 0 Å². The summed E-state index contributed by atoms with van der Waals surface area (Å²) in [4.78, 5) is 19.1. The zero-order valence-corrected chi connectivity index (χ0v) is 18.9. The van der Waals surface area contributed by atoms with Crippen LogP contribution in [0.25, 0.3) is 11.5 Å². The lowest BCUT2D eigenvalue weighted by atomic mass is 9.74. The number of hydrogen-bond acceptors (Lipinski definition) is 4. The maximum absolute atomic E-state index is 16.3. The maximum Gasteiger partial charge on any atom is 0.228 e. The molecule has 0 N–H and O–H groups in total. The minimum Gasteiger partial charge on any atom is -0.444 e. The normalized spacial score (nSPS) is 24.5. The SMILES string of the molecule is CCN(CC)CCC1CCC2C=CC3=C(CCC3=O)C2c2c1ccc(-c1ncco1)c2F. The molecule has 0 fully saturated rings. The first-order chi connectivity index (χ1) is 15.6. The summed E-state index contributed by atoms with van der Waals surface area (Å²) in [5, 5.41) is 0. The standard InChI is InChI=1S/C27H31FN2O2/c1-3-30(4-2)15-13-17-5-6-18-7-8-20-21(11-12-23(20)31)24(18)25-19(17)9-10-22(26(25)28)27-29-14-16-32-27/h7-10,14,16-18,24H,3-6,11-13,15H2,1-2H3. The van der Waals surface area contributed by atoms with E-state index in [4.69, 9.17) is 4.42 Å². The molecular formula is C27H31FN2O2. The smallest absolute Gasteiger partial charge is 0.228 e. The van der Waals surface area contributed by atoms with Crippen molar-refractivity contribution < 1.29 is 13.6 Å². The number of Topliss-reactive ketones (excluding diaryl/α,β-unsaturated/α-hetero) is 1. The Balaban J connectivity index is 1.63. The van der Waals surface area contributed by atoms with E-state index in [0.29, 0.717) is 23.8 Å². The lowest BCUT2D eigenvalue weighted by Gasteiger charge is -2.30. The minimum absolute atomic E-state index is 0.0650. The molecule has 0 radical (unpaired) electrons. The van der Waals surface area contributed by atoms with Gasteiger partial charge in [0.1, 0.15) is 12.1 Å². The number of hydrogen-bond donors (Lipinski definition) is 0. The third-order valence-corrected chi connectivity index (χ3v) is 7.75. The molecule has 5 rings (SSSR count). The Bertz CT molecular complexity index is 1070. The number of allylic oxidation sites excluding steroid dienone is 4. The first kappa shape index (κ1) is 21.3. The Morgan fingerprint density at radius 3 is 2.78 bits per heavy atom. The monoisotopic (exact) mass is 434 g/mol. The van der Waals surface area contributed by atoms with Crippen molar-refractivity contribution in [1.29, 1.82) is 0 Å². The molecular weight excluding hydrogens is 403 g/mol. The van der Waals surface area contributed by atoms with E-state index in [-0.39, 0.29) is 23.4 Å². The van der Waals surface area contributed by atoms with E-state index < -0.39 is 0 Å². The van der Waals surface area contributed by atoms with Gasteiger partial charge in [0.15, 0.2) is 5.78 Å². The molecule has 168 valence electrons. The summed E-state index contributed by atoms with van der Waals surface area (Å²) in [5.41, 5.74) is 4.26. The van der Waals surface area contributed by atoms with Crippen molar-refractivity contribution in [2.24, 2.45) is 5.92 Å². The third-order valence-electron chi connectivity index (χ3n) is 7.75. The average Bonchev–Trinajstić information content (AvgIpc) is 3.43. The quantitative estimate of drug-likeness (QED) is 0.558. The number of oxazole rings is 1. The highest BCUT2D eigenvalue weighted by Crippen LogP contribution is 2.52. The fourth-order valence-corrected chi connectivity index (χ4v) is 5.99. The molecule has 0 spiro atoms. The Hall–Kier alpha value is -2.53. The molecule has 5 heteroatoms. The number of nitrogens with zero attached hydrogens (tertiary/aromatic N) is 2. The van der Waals surface area contributed by atoms with Gasteiger partial charge in [0.2, 0.25) is 5.89 Å². The molecule has 4 nitrogen and oxygen atoms in total. The lowest BCUT2D eigenvalue weighted by molar-refractivity contribution is -0.114. The van der Waals surface area contributed by atoms with Gasteiger partial charge < -0.3 is 9.32 Å². The first-order valence-corrected chi connectivity index (χ1v) is 12.0. The molecule has 3 unspecified atom stereocenters. The maximum atomic E-state index is 16.3. The van der Waals surface area contributed by atoms with E-state index in [0.717, 1.165) is 67.6 Å². The van der Waals surface area contributed by atoms with Crippen molar-refractivity contribution in [1.82, 2.24) is 9.88 Å². The molecule has 0 amide bonds. The number of carbonyl (C=O) groups is 1. The van der Waals surface area contributed by atoms with Crippen LogP contribution in [-0.2, 0) is 4.79 Å². The van der Waals surface area contributed by atoms with Crippen molar-refractivity contribution >= 4 is 5.78 Å². The van der Waals surface area contributed by atoms with Crippen LogP contribution in [0.15, 0.2) is 52.3 Å². The summed E-state index contributed by atoms with van der Waals surface area (Å²) in [6, 6.07) is 3.93. The fourth-order valence-electron chi connectivity index (χ4n) is 5.99. The summed E-state index contributed by atoms with van der Waals surface area (Å²) in [7, 11) is 0. The second-order valence-electron chi connectivity index (χ2n) is 9.22. The number of ketones is 1. The van der Waals surface area contributed by atoms with Crippen molar-refractivity contribution in [2.75, 3.05) is 19.6 Å². The molecule has 3 aliphatic carbocycles. The van der Waals surface area contributed by atoms with Gasteiger partial charge >= 0.3 is 0 Å². The van der Waals surface area contributed by atoms with Crippen LogP contribution in [0.1, 0.15) is 68.9 Å². The molecule has 32 heavy (non-hydrogen) atoms. The predicted molar refractivity (Wildman–Crippen MR) is 123 cm³/mol. The van der Waals surface area contributed by atoms with E-state index in [2.05, 4.69) is 35.9 Å². The minimum atomic E-state index is -0.226. The van der Waals surface area contributed by atoms with Crippen molar-refractivity contribution in [3.8, 4) is 11.5 Å². The molecule has 3 aliphatic rings. The Kier molecular flexibility index (Phi) is 5.85. The highest BCUT2D eigenvalue weighted by Gasteiger charge is 2.41. The highest BCUT2D eigenvalue weighted by atomic mass is 19.1. The van der Waals surface area contributed by atoms with Crippen LogP contribution in [0.3, 0.4) is 0 Å². The second kappa shape index (κ2) is 8.78. The van der Waals surface area contributed by atoms with Crippen LogP contribution >= 0.6 is 0 Å². The van der Waals surface area contributed by atoms with Gasteiger partial charge in [0, 0.05) is 17.9 Å². The molecule has 0 aliphatic heterocycles. The summed E-state index contributed by atoms with van der Waals surface area (Å²) < 4.78 is 21.7. The largest absolute Gasteiger partial charge is 0.444 e. The van der Waals surface area contributed by atoms with Crippen LogP contribution in [0.2, 0.25) is 0 Å². The number of carbonyl (C=O) groups excluding carboxylic acids is 1. The number of rotatable bonds is 6. The topological polar surface area (TPSA) is 46.3 Å². The predicted octanol–water partition coefficient (Wildman–Crippen LogP) is 6.02. The molecule has 3 atom stereocenters. The number of halogens is 1. The lowest BCUT2D eigenvalue weighted by Crippen LogP contribution is -2.25. The van der Waals surface area contributed by atoms with Gasteiger partial charge in [0.25, 0.3) is 0 Å². The van der Waals surface area contributed by atoms with Gasteiger partial charge in [0.05, 0.1) is 11.8 Å². The first-order valence-electron chi connectivity index (χ1n) is 12.0. The Morgan fingerprint density at radius 2 is 2.03 bits per heavy atom. The van der Waals surface area contributed by atoms with Crippen molar-refractivity contribution in [2.45, 2.75) is 57.8 Å². The Labute approximate surface area is 189 Å². The summed E-state index contributed by atoms with van der Waals surface area (Å²) >= 11 is 0. The second-order valence-corrected chi connectivity index (χ2v) is 9.22. The van der Waals surface area contributed by atoms with Crippen molar-refractivity contribution in [3.05, 3.63) is 64.8 Å². The summed E-state index contributed by atoms with van der Waals surface area (Å²) in [5.74, 6) is 0.753. The van der Waals surface area contributed by atoms with E-state index >= 15 is 4.39 Å². The average molecular weight is 435 g/mol. The van der Waals surface area contributed by atoms with E-state index in [9.17, 15) is 4.79 Å². The van der Waals surface area contributed by atoms with Gasteiger partial charge in [-0.15, -0.1) is 0 Å². The number of benzene rings is 1. The third kappa shape index (κ3) is 3.57. The molecule has 0 saturated carbocycles. The van der Waals surface area contributed by atoms with E-state index in [1.54, 1.807) is 6.20 Å². The fraction of sp³-hybridized carbons (Fsp3) is 0.481. The number of fused-ring (bicyclic) bond motifs is 4. The summed E-state index contributed by atoms with van der Waals surface area (Å²) in [6.07, 6.45) is 11.6. The van der Waals surface area contributed by atoms with Gasteiger partial charge in [-0.2, -0.15) is 0 Å². The van der Waals surface area contributed by atoms with Gasteiger partial charge in [-0.1, -0.05) is 37.6 Å². The molecule has 1 aromatic heterocycles. The summed E-state index contributed by atoms with van der Waals surface area (Å²) in [6.45, 7) is 7.45. The van der Waals surface area contributed by atoms with Gasteiger partial charge in [-0.25, -0.2) is 9.37 Å². The van der Waals surface area contributed by atoms with Crippen molar-refractivity contribution in [3.63, 3.8) is 0 Å². The van der Waals surface area contributed by atoms with E-state index in [1.165, 1.54) is 6.26 Å². The van der Waals surface area contributed by atoms with Crippen LogP contribution in [0, 0.1) is 11.7 Å². The molecule has 0 saturated heterocycles.